The minimum absolute atomic E-state index is 0.365. The predicted octanol–water partition coefficient (Wildman–Crippen LogP) is 6.21. The summed E-state index contributed by atoms with van der Waals surface area (Å²) in [7, 11) is 0. The van der Waals surface area contributed by atoms with E-state index in [0.717, 1.165) is 31.4 Å². The van der Waals surface area contributed by atoms with Crippen LogP contribution in [0.15, 0.2) is 24.3 Å². The van der Waals surface area contributed by atoms with E-state index in [2.05, 4.69) is 19.1 Å². The van der Waals surface area contributed by atoms with E-state index in [1.807, 2.05) is 0 Å². The number of hydrogen-bond acceptors (Lipinski definition) is 3. The molecule has 0 aliphatic heterocycles. The van der Waals surface area contributed by atoms with Gasteiger partial charge in [-0.1, -0.05) is 76.9 Å². The molecule has 0 fully saturated rings. The van der Waals surface area contributed by atoms with Gasteiger partial charge in [0.1, 0.15) is 0 Å². The van der Waals surface area contributed by atoms with Crippen molar-refractivity contribution in [3.8, 4) is 0 Å². The first-order valence-corrected chi connectivity index (χ1v) is 10.4. The molecule has 0 aliphatic rings. The van der Waals surface area contributed by atoms with Crippen molar-refractivity contribution in [3.05, 3.63) is 24.3 Å². The van der Waals surface area contributed by atoms with Crippen molar-refractivity contribution in [2.24, 2.45) is 0 Å². The van der Waals surface area contributed by atoms with Crippen molar-refractivity contribution < 1.29 is 19.4 Å². The maximum atomic E-state index is 11.1. The molecule has 0 unspecified atom stereocenters. The van der Waals surface area contributed by atoms with E-state index in [1.54, 1.807) is 0 Å². The molecule has 0 spiro atoms. The maximum Gasteiger partial charge on any atom is 0.331 e. The minimum atomic E-state index is -1.14. The molecule has 0 bridgehead atoms. The van der Waals surface area contributed by atoms with Gasteiger partial charge in [-0.05, 0) is 32.1 Å². The fourth-order valence-corrected chi connectivity index (χ4v) is 2.71. The quantitative estimate of drug-likeness (QED) is 0.136. The summed E-state index contributed by atoms with van der Waals surface area (Å²) in [6.07, 6.45) is 23.8. The second kappa shape index (κ2) is 19.7. The Morgan fingerprint density at radius 3 is 1.77 bits per heavy atom. The number of hydrogen-bond donors (Lipinski definition) is 1. The Morgan fingerprint density at radius 2 is 1.23 bits per heavy atom. The highest BCUT2D eigenvalue weighted by atomic mass is 16.5. The Morgan fingerprint density at radius 1 is 0.731 bits per heavy atom. The number of carboxylic acids is 1. The van der Waals surface area contributed by atoms with Gasteiger partial charge in [-0.3, -0.25) is 0 Å². The van der Waals surface area contributed by atoms with E-state index < -0.39 is 11.9 Å². The van der Waals surface area contributed by atoms with Crippen molar-refractivity contribution in [3.63, 3.8) is 0 Å². The van der Waals surface area contributed by atoms with Gasteiger partial charge in [0.25, 0.3) is 0 Å². The maximum absolute atomic E-state index is 11.1. The van der Waals surface area contributed by atoms with Gasteiger partial charge in [0, 0.05) is 12.2 Å². The molecule has 0 aromatic heterocycles. The van der Waals surface area contributed by atoms with Crippen LogP contribution in [0, 0.1) is 0 Å². The zero-order chi connectivity index (χ0) is 19.3. The predicted molar refractivity (Wildman–Crippen MR) is 107 cm³/mol. The standard InChI is InChI=1S/C22H38O4/c1-2-3-4-5-6-7-8-9-10-11-12-13-14-15-16-17-20-26-22(25)19-18-21(23)24/h9-10,18-19H,2-8,11-17,20H2,1H3,(H,23,24)/b10-9-,19-18?. The van der Waals surface area contributed by atoms with E-state index in [9.17, 15) is 9.59 Å². The molecule has 0 radical (unpaired) electrons. The Kier molecular flexibility index (Phi) is 18.5. The van der Waals surface area contributed by atoms with Crippen molar-refractivity contribution in [2.75, 3.05) is 6.61 Å². The normalized spacial score (nSPS) is 11.4. The summed E-state index contributed by atoms with van der Waals surface area (Å²) in [4.78, 5) is 21.4. The van der Waals surface area contributed by atoms with E-state index in [1.165, 1.54) is 70.6 Å². The van der Waals surface area contributed by atoms with Crippen LogP contribution in [0.2, 0.25) is 0 Å². The Balaban J connectivity index is 3.23. The molecule has 0 rings (SSSR count). The second-order valence-corrected chi connectivity index (χ2v) is 6.78. The first-order valence-electron chi connectivity index (χ1n) is 10.4. The van der Waals surface area contributed by atoms with Crippen LogP contribution in [-0.2, 0) is 14.3 Å². The topological polar surface area (TPSA) is 63.6 Å². The zero-order valence-corrected chi connectivity index (χ0v) is 16.6. The fraction of sp³-hybridized carbons (Fsp3) is 0.727. The van der Waals surface area contributed by atoms with Gasteiger partial charge in [0.15, 0.2) is 0 Å². The van der Waals surface area contributed by atoms with E-state index in [-0.39, 0.29) is 0 Å². The van der Waals surface area contributed by atoms with Crippen LogP contribution >= 0.6 is 0 Å². The number of carbonyl (C=O) groups excluding carboxylic acids is 1. The molecular formula is C22H38O4. The zero-order valence-electron chi connectivity index (χ0n) is 16.6. The van der Waals surface area contributed by atoms with E-state index in [0.29, 0.717) is 6.61 Å². The highest BCUT2D eigenvalue weighted by Crippen LogP contribution is 2.10. The highest BCUT2D eigenvalue weighted by Gasteiger charge is 1.98. The number of aliphatic carboxylic acids is 1. The molecule has 0 aromatic rings. The Hall–Kier alpha value is -1.58. The number of allylic oxidation sites excluding steroid dienone is 2. The summed E-state index contributed by atoms with van der Waals surface area (Å²) in [5.41, 5.74) is 0. The Labute approximate surface area is 159 Å². The van der Waals surface area contributed by atoms with Crippen LogP contribution < -0.4 is 0 Å². The molecule has 4 heteroatoms. The van der Waals surface area contributed by atoms with Crippen LogP contribution in [0.1, 0.15) is 96.8 Å². The molecule has 4 nitrogen and oxygen atoms in total. The summed E-state index contributed by atoms with van der Waals surface area (Å²) >= 11 is 0. The molecule has 0 saturated carbocycles. The van der Waals surface area contributed by atoms with Crippen molar-refractivity contribution >= 4 is 11.9 Å². The third kappa shape index (κ3) is 20.5. The first kappa shape index (κ1) is 24.4. The van der Waals surface area contributed by atoms with Crippen LogP contribution in [0.5, 0.6) is 0 Å². The van der Waals surface area contributed by atoms with Gasteiger partial charge < -0.3 is 9.84 Å². The lowest BCUT2D eigenvalue weighted by atomic mass is 10.1. The third-order valence-electron chi connectivity index (χ3n) is 4.26. The average Bonchev–Trinajstić information content (AvgIpc) is 2.62. The van der Waals surface area contributed by atoms with Gasteiger partial charge in [0.2, 0.25) is 0 Å². The first-order chi connectivity index (χ1) is 12.7. The van der Waals surface area contributed by atoms with Gasteiger partial charge >= 0.3 is 11.9 Å². The fourth-order valence-electron chi connectivity index (χ4n) is 2.71. The monoisotopic (exact) mass is 366 g/mol. The largest absolute Gasteiger partial charge is 0.478 e. The van der Waals surface area contributed by atoms with Crippen molar-refractivity contribution in [1.29, 1.82) is 0 Å². The molecule has 150 valence electrons. The summed E-state index contributed by atoms with van der Waals surface area (Å²) in [6, 6.07) is 0. The van der Waals surface area contributed by atoms with Gasteiger partial charge in [-0.15, -0.1) is 0 Å². The molecule has 26 heavy (non-hydrogen) atoms. The molecule has 0 amide bonds. The van der Waals surface area contributed by atoms with E-state index in [4.69, 9.17) is 9.84 Å². The van der Waals surface area contributed by atoms with Crippen LogP contribution in [0.3, 0.4) is 0 Å². The second-order valence-electron chi connectivity index (χ2n) is 6.78. The smallest absolute Gasteiger partial charge is 0.331 e. The lowest BCUT2D eigenvalue weighted by Gasteiger charge is -2.02. The number of ether oxygens (including phenoxy) is 1. The van der Waals surface area contributed by atoms with Crippen molar-refractivity contribution in [1.82, 2.24) is 0 Å². The van der Waals surface area contributed by atoms with E-state index >= 15 is 0 Å². The minimum Gasteiger partial charge on any atom is -0.478 e. The molecule has 0 heterocycles. The summed E-state index contributed by atoms with van der Waals surface area (Å²) in [5, 5.41) is 8.38. The van der Waals surface area contributed by atoms with Crippen LogP contribution in [0.25, 0.3) is 0 Å². The highest BCUT2D eigenvalue weighted by molar-refractivity contribution is 5.90. The lowest BCUT2D eigenvalue weighted by Crippen LogP contribution is -2.03. The number of esters is 1. The number of carboxylic acid groups (broad SMARTS) is 1. The summed E-state index contributed by atoms with van der Waals surface area (Å²) in [6.45, 7) is 2.62. The SMILES string of the molecule is CCCCCCCC/C=C\CCCCCCCCOC(=O)C=CC(=O)O. The lowest BCUT2D eigenvalue weighted by molar-refractivity contribution is -0.138. The number of unbranched alkanes of at least 4 members (excludes halogenated alkanes) is 12. The Bertz CT molecular complexity index is 399. The summed E-state index contributed by atoms with van der Waals surface area (Å²) < 4.78 is 4.91. The van der Waals surface area contributed by atoms with Gasteiger partial charge in [0.05, 0.1) is 6.61 Å². The third-order valence-corrected chi connectivity index (χ3v) is 4.26. The van der Waals surface area contributed by atoms with Crippen LogP contribution in [0.4, 0.5) is 0 Å². The molecule has 0 aromatic carbocycles. The van der Waals surface area contributed by atoms with Gasteiger partial charge in [-0.2, -0.15) is 0 Å². The molecule has 0 aliphatic carbocycles. The summed E-state index contributed by atoms with van der Waals surface area (Å²) in [5.74, 6) is -1.72. The van der Waals surface area contributed by atoms with Crippen LogP contribution in [-0.4, -0.2) is 23.7 Å². The molecule has 0 saturated heterocycles. The molecule has 0 atom stereocenters. The van der Waals surface area contributed by atoms with Gasteiger partial charge in [-0.25, -0.2) is 9.59 Å². The average molecular weight is 367 g/mol. The number of rotatable bonds is 18. The number of carbonyl (C=O) groups is 2. The van der Waals surface area contributed by atoms with Crippen molar-refractivity contribution in [2.45, 2.75) is 96.8 Å². The molecule has 1 N–H and O–H groups in total. The molecular weight excluding hydrogens is 328 g/mol.